The summed E-state index contributed by atoms with van der Waals surface area (Å²) in [5.41, 5.74) is 1.77. The van der Waals surface area contributed by atoms with Gasteiger partial charge in [-0.25, -0.2) is 9.07 Å². The number of fused-ring (bicyclic) bond motifs is 1. The highest BCUT2D eigenvalue weighted by Crippen LogP contribution is 2.35. The van der Waals surface area contributed by atoms with E-state index in [1.807, 2.05) is 42.5 Å². The van der Waals surface area contributed by atoms with Crippen molar-refractivity contribution >= 4 is 23.4 Å². The SMILES string of the molecule is COc1nc(OC)c(-n2nnc(S)c2-c2cccc3ccccc23)cc1F. The lowest BCUT2D eigenvalue weighted by Crippen LogP contribution is -2.06. The Morgan fingerprint density at radius 2 is 1.74 bits per heavy atom. The van der Waals surface area contributed by atoms with Crippen molar-refractivity contribution in [3.8, 4) is 28.7 Å². The second-order valence-electron chi connectivity index (χ2n) is 5.71. The maximum Gasteiger partial charge on any atom is 0.253 e. The molecule has 4 aromatic rings. The summed E-state index contributed by atoms with van der Waals surface area (Å²) in [5, 5.41) is 10.7. The number of nitrogens with zero attached hydrogens (tertiary/aromatic N) is 4. The molecule has 4 rings (SSSR count). The predicted octanol–water partition coefficient (Wildman–Crippen LogP) is 3.93. The van der Waals surface area contributed by atoms with E-state index in [-0.39, 0.29) is 11.8 Å². The van der Waals surface area contributed by atoms with Gasteiger partial charge in [0, 0.05) is 11.6 Å². The van der Waals surface area contributed by atoms with Crippen LogP contribution >= 0.6 is 12.6 Å². The molecule has 0 aliphatic rings. The van der Waals surface area contributed by atoms with Gasteiger partial charge in [-0.15, -0.1) is 17.7 Å². The zero-order chi connectivity index (χ0) is 19.0. The molecular weight excluding hydrogens is 367 g/mol. The third-order valence-corrected chi connectivity index (χ3v) is 4.50. The van der Waals surface area contributed by atoms with E-state index in [0.29, 0.717) is 16.4 Å². The summed E-state index contributed by atoms with van der Waals surface area (Å²) in [5.74, 6) is -0.630. The molecule has 2 heterocycles. The Morgan fingerprint density at radius 1 is 1.00 bits per heavy atom. The Kier molecular flexibility index (Phi) is 4.41. The first-order valence-corrected chi connectivity index (χ1v) is 8.50. The summed E-state index contributed by atoms with van der Waals surface area (Å²) in [6.45, 7) is 0. The molecule has 8 heteroatoms. The van der Waals surface area contributed by atoms with Crippen molar-refractivity contribution in [3.05, 3.63) is 54.3 Å². The van der Waals surface area contributed by atoms with Crippen LogP contribution < -0.4 is 9.47 Å². The highest BCUT2D eigenvalue weighted by molar-refractivity contribution is 7.80. The minimum absolute atomic E-state index is 0.159. The van der Waals surface area contributed by atoms with Crippen LogP contribution in [0.5, 0.6) is 11.8 Å². The molecule has 0 radical (unpaired) electrons. The first kappa shape index (κ1) is 17.3. The lowest BCUT2D eigenvalue weighted by molar-refractivity contribution is 0.343. The van der Waals surface area contributed by atoms with Crippen LogP contribution in [0.2, 0.25) is 0 Å². The number of pyridine rings is 1. The van der Waals surface area contributed by atoms with E-state index in [1.165, 1.54) is 25.0 Å². The summed E-state index contributed by atoms with van der Waals surface area (Å²) < 4.78 is 26.0. The Bertz CT molecular complexity index is 1140. The molecule has 136 valence electrons. The summed E-state index contributed by atoms with van der Waals surface area (Å²) >= 11 is 4.46. The molecule has 0 saturated heterocycles. The molecule has 0 fully saturated rings. The number of rotatable bonds is 4. The van der Waals surface area contributed by atoms with E-state index < -0.39 is 5.82 Å². The van der Waals surface area contributed by atoms with Crippen molar-refractivity contribution in [3.63, 3.8) is 0 Å². The van der Waals surface area contributed by atoms with Gasteiger partial charge in [-0.1, -0.05) is 47.7 Å². The monoisotopic (exact) mass is 382 g/mol. The molecule has 2 aromatic heterocycles. The highest BCUT2D eigenvalue weighted by atomic mass is 32.1. The number of thiol groups is 1. The van der Waals surface area contributed by atoms with Gasteiger partial charge in [0.15, 0.2) is 5.82 Å². The Hall–Kier alpha value is -3.13. The second-order valence-corrected chi connectivity index (χ2v) is 6.13. The average Bonchev–Trinajstić information content (AvgIpc) is 3.08. The number of methoxy groups -OCH3 is 2. The molecular formula is C19H15FN4O2S. The minimum Gasteiger partial charge on any atom is -0.479 e. The van der Waals surface area contributed by atoms with Crippen molar-refractivity contribution in [2.45, 2.75) is 5.03 Å². The average molecular weight is 382 g/mol. The predicted molar refractivity (Wildman–Crippen MR) is 102 cm³/mol. The molecule has 0 atom stereocenters. The fourth-order valence-electron chi connectivity index (χ4n) is 3.00. The third-order valence-electron chi connectivity index (χ3n) is 4.20. The van der Waals surface area contributed by atoms with E-state index in [0.717, 1.165) is 16.3 Å². The zero-order valence-electron chi connectivity index (χ0n) is 14.5. The van der Waals surface area contributed by atoms with Gasteiger partial charge in [0.05, 0.1) is 14.2 Å². The molecule has 27 heavy (non-hydrogen) atoms. The van der Waals surface area contributed by atoms with Crippen LogP contribution in [0.15, 0.2) is 53.6 Å². The lowest BCUT2D eigenvalue weighted by Gasteiger charge is -2.13. The van der Waals surface area contributed by atoms with Crippen molar-refractivity contribution < 1.29 is 13.9 Å². The third kappa shape index (κ3) is 2.87. The van der Waals surface area contributed by atoms with Crippen LogP contribution in [-0.2, 0) is 0 Å². The van der Waals surface area contributed by atoms with Gasteiger partial charge in [0.1, 0.15) is 16.4 Å². The van der Waals surface area contributed by atoms with Crippen LogP contribution in [0.4, 0.5) is 4.39 Å². The van der Waals surface area contributed by atoms with Gasteiger partial charge in [-0.3, -0.25) is 0 Å². The number of hydrogen-bond donors (Lipinski definition) is 1. The minimum atomic E-state index is -0.631. The molecule has 0 aliphatic carbocycles. The number of hydrogen-bond acceptors (Lipinski definition) is 6. The van der Waals surface area contributed by atoms with Gasteiger partial charge < -0.3 is 9.47 Å². The molecule has 0 saturated carbocycles. The molecule has 0 unspecified atom stereocenters. The van der Waals surface area contributed by atoms with Crippen LogP contribution in [0.25, 0.3) is 27.7 Å². The van der Waals surface area contributed by atoms with Gasteiger partial charge >= 0.3 is 0 Å². The standard InChI is InChI=1S/C19H15FN4O2S/c1-25-17-14(20)10-15(18(21-17)26-2)24-16(19(27)22-23-24)13-9-5-7-11-6-3-4-8-12(11)13/h3-10,27H,1-2H3. The number of ether oxygens (including phenoxy) is 2. The van der Waals surface area contributed by atoms with E-state index in [4.69, 9.17) is 9.47 Å². The largest absolute Gasteiger partial charge is 0.479 e. The van der Waals surface area contributed by atoms with Crippen molar-refractivity contribution in [1.29, 1.82) is 0 Å². The maximum atomic E-state index is 14.3. The number of aromatic nitrogens is 4. The fourth-order valence-corrected chi connectivity index (χ4v) is 3.26. The first-order valence-electron chi connectivity index (χ1n) is 8.05. The zero-order valence-corrected chi connectivity index (χ0v) is 15.4. The van der Waals surface area contributed by atoms with Crippen LogP contribution in [0.3, 0.4) is 0 Å². The number of benzene rings is 2. The Morgan fingerprint density at radius 3 is 2.52 bits per heavy atom. The van der Waals surface area contributed by atoms with E-state index in [9.17, 15) is 4.39 Å². The van der Waals surface area contributed by atoms with Gasteiger partial charge in [0.2, 0.25) is 5.88 Å². The molecule has 0 bridgehead atoms. The molecule has 0 aliphatic heterocycles. The summed E-state index contributed by atoms with van der Waals surface area (Å²) in [7, 11) is 2.78. The molecule has 6 nitrogen and oxygen atoms in total. The normalized spacial score (nSPS) is 11.0. The first-order chi connectivity index (χ1) is 13.1. The van der Waals surface area contributed by atoms with E-state index in [1.54, 1.807) is 0 Å². The lowest BCUT2D eigenvalue weighted by atomic mass is 10.0. The van der Waals surface area contributed by atoms with Gasteiger partial charge in [0.25, 0.3) is 5.88 Å². The van der Waals surface area contributed by atoms with E-state index in [2.05, 4.69) is 27.9 Å². The van der Waals surface area contributed by atoms with Gasteiger partial charge in [-0.2, -0.15) is 4.98 Å². The highest BCUT2D eigenvalue weighted by Gasteiger charge is 2.22. The van der Waals surface area contributed by atoms with Gasteiger partial charge in [-0.05, 0) is 10.8 Å². The Balaban J connectivity index is 2.00. The van der Waals surface area contributed by atoms with Crippen molar-refractivity contribution in [2.75, 3.05) is 14.2 Å². The van der Waals surface area contributed by atoms with Crippen molar-refractivity contribution in [1.82, 2.24) is 20.0 Å². The molecule has 0 amide bonds. The molecule has 2 aromatic carbocycles. The summed E-state index contributed by atoms with van der Waals surface area (Å²) in [4.78, 5) is 4.06. The van der Waals surface area contributed by atoms with Crippen LogP contribution in [0, 0.1) is 5.82 Å². The topological polar surface area (TPSA) is 62.1 Å². The molecule has 0 N–H and O–H groups in total. The smallest absolute Gasteiger partial charge is 0.253 e. The summed E-state index contributed by atoms with van der Waals surface area (Å²) in [6.07, 6.45) is 0. The van der Waals surface area contributed by atoms with Crippen LogP contribution in [-0.4, -0.2) is 34.2 Å². The van der Waals surface area contributed by atoms with Crippen LogP contribution in [0.1, 0.15) is 0 Å². The Labute approximate surface area is 160 Å². The fraction of sp³-hybridized carbons (Fsp3) is 0.105. The second kappa shape index (κ2) is 6.88. The number of halogens is 1. The maximum absolute atomic E-state index is 14.3. The quantitative estimate of drug-likeness (QED) is 0.542. The summed E-state index contributed by atoms with van der Waals surface area (Å²) in [6, 6.07) is 15.1. The van der Waals surface area contributed by atoms with Crippen molar-refractivity contribution in [2.24, 2.45) is 0 Å². The molecule has 0 spiro atoms. The van der Waals surface area contributed by atoms with E-state index >= 15 is 0 Å².